The van der Waals surface area contributed by atoms with E-state index in [9.17, 15) is 22.8 Å². The molecule has 3 aliphatic rings. The number of likely N-dealkylation sites (tertiary alicyclic amines) is 1. The van der Waals surface area contributed by atoms with E-state index in [0.29, 0.717) is 0 Å². The van der Waals surface area contributed by atoms with Gasteiger partial charge in [0.25, 0.3) is 0 Å². The summed E-state index contributed by atoms with van der Waals surface area (Å²) in [7, 11) is -3.59. The Balaban J connectivity index is 1.32. The Hall–Kier alpha value is -2.52. The van der Waals surface area contributed by atoms with Crippen molar-refractivity contribution in [1.82, 2.24) is 14.1 Å². The Labute approximate surface area is 188 Å². The van der Waals surface area contributed by atoms with E-state index in [1.54, 1.807) is 11.0 Å². The first-order valence-corrected chi connectivity index (χ1v) is 12.7. The molecule has 9 heteroatoms. The van der Waals surface area contributed by atoms with Crippen molar-refractivity contribution >= 4 is 33.8 Å². The summed E-state index contributed by atoms with van der Waals surface area (Å²) >= 11 is 0. The number of rotatable bonds is 5. The van der Waals surface area contributed by atoms with Crippen LogP contribution in [0.5, 0.6) is 0 Å². The first-order chi connectivity index (χ1) is 15.3. The molecule has 8 nitrogen and oxygen atoms in total. The maximum absolute atomic E-state index is 12.9. The average Bonchev–Trinajstić information content (AvgIpc) is 3.02. The van der Waals surface area contributed by atoms with Crippen LogP contribution in [0.3, 0.4) is 0 Å². The molecule has 32 heavy (non-hydrogen) atoms. The zero-order valence-corrected chi connectivity index (χ0v) is 18.9. The third-order valence-electron chi connectivity index (χ3n) is 6.78. The van der Waals surface area contributed by atoms with Gasteiger partial charge in [-0.1, -0.05) is 49.6 Å². The van der Waals surface area contributed by atoms with E-state index in [1.165, 1.54) is 9.71 Å². The second-order valence-corrected chi connectivity index (χ2v) is 10.7. The Morgan fingerprint density at radius 2 is 1.62 bits per heavy atom. The van der Waals surface area contributed by atoms with Crippen LogP contribution >= 0.6 is 0 Å². The molecule has 1 aromatic rings. The number of amides is 3. The SMILES string of the molecule is O=C(CN1C(=O)CC2(CCCCC2)C1=O)N1CCN(S(=O)(=O)C=Cc2ccccc2)CC1. The van der Waals surface area contributed by atoms with E-state index >= 15 is 0 Å². The second-order valence-electron chi connectivity index (χ2n) is 8.84. The predicted molar refractivity (Wildman–Crippen MR) is 119 cm³/mol. The van der Waals surface area contributed by atoms with Crippen molar-refractivity contribution in [2.75, 3.05) is 32.7 Å². The first kappa shape index (κ1) is 22.7. The summed E-state index contributed by atoms with van der Waals surface area (Å²) in [5.74, 6) is -0.781. The van der Waals surface area contributed by atoms with Crippen LogP contribution in [0.25, 0.3) is 6.08 Å². The highest BCUT2D eigenvalue weighted by Crippen LogP contribution is 2.45. The third kappa shape index (κ3) is 4.63. The van der Waals surface area contributed by atoms with Gasteiger partial charge in [0.2, 0.25) is 27.7 Å². The van der Waals surface area contributed by atoms with Crippen LogP contribution in [0.1, 0.15) is 44.1 Å². The van der Waals surface area contributed by atoms with Gasteiger partial charge in [-0.3, -0.25) is 19.3 Å². The van der Waals surface area contributed by atoms with E-state index in [2.05, 4.69) is 0 Å². The van der Waals surface area contributed by atoms with E-state index in [4.69, 9.17) is 0 Å². The lowest BCUT2D eigenvalue weighted by Crippen LogP contribution is -2.53. The molecule has 0 aromatic heterocycles. The molecule has 0 N–H and O–H groups in total. The average molecular weight is 460 g/mol. The van der Waals surface area contributed by atoms with Crippen LogP contribution in [0, 0.1) is 5.41 Å². The van der Waals surface area contributed by atoms with E-state index in [1.807, 2.05) is 30.3 Å². The molecular formula is C23H29N3O5S. The van der Waals surface area contributed by atoms with Crippen molar-refractivity contribution < 1.29 is 22.8 Å². The number of hydrogen-bond acceptors (Lipinski definition) is 5. The summed E-state index contributed by atoms with van der Waals surface area (Å²) in [6.45, 7) is 0.579. The highest BCUT2D eigenvalue weighted by molar-refractivity contribution is 7.92. The highest BCUT2D eigenvalue weighted by Gasteiger charge is 2.52. The van der Waals surface area contributed by atoms with Gasteiger partial charge in [-0.05, 0) is 24.5 Å². The van der Waals surface area contributed by atoms with Crippen molar-refractivity contribution in [3.05, 3.63) is 41.3 Å². The Bertz CT molecular complexity index is 1010. The number of sulfonamides is 1. The van der Waals surface area contributed by atoms with Crippen molar-refractivity contribution in [1.29, 1.82) is 0 Å². The lowest BCUT2D eigenvalue weighted by atomic mass is 9.73. The fraction of sp³-hybridized carbons (Fsp3) is 0.522. The minimum atomic E-state index is -3.59. The number of nitrogens with zero attached hydrogens (tertiary/aromatic N) is 3. The molecule has 0 radical (unpaired) electrons. The molecule has 0 bridgehead atoms. The molecular weight excluding hydrogens is 430 g/mol. The van der Waals surface area contributed by atoms with Crippen LogP contribution in [0.15, 0.2) is 35.7 Å². The predicted octanol–water partition coefficient (Wildman–Crippen LogP) is 1.84. The van der Waals surface area contributed by atoms with Gasteiger partial charge in [-0.2, -0.15) is 4.31 Å². The molecule has 1 aliphatic carbocycles. The first-order valence-electron chi connectivity index (χ1n) is 11.2. The van der Waals surface area contributed by atoms with Crippen molar-refractivity contribution in [2.45, 2.75) is 38.5 Å². The molecule has 3 fully saturated rings. The topological polar surface area (TPSA) is 95.1 Å². The Morgan fingerprint density at radius 3 is 2.28 bits per heavy atom. The normalized spacial score (nSPS) is 22.2. The Kier molecular flexibility index (Phi) is 6.48. The molecule has 2 heterocycles. The van der Waals surface area contributed by atoms with Crippen LogP contribution in [0.2, 0.25) is 0 Å². The number of carbonyl (C=O) groups is 3. The quantitative estimate of drug-likeness (QED) is 0.626. The lowest BCUT2D eigenvalue weighted by molar-refractivity contribution is -0.148. The Morgan fingerprint density at radius 1 is 0.969 bits per heavy atom. The molecule has 1 spiro atoms. The van der Waals surface area contributed by atoms with Crippen molar-refractivity contribution in [3.63, 3.8) is 0 Å². The molecule has 3 amide bonds. The van der Waals surface area contributed by atoms with E-state index in [0.717, 1.165) is 42.6 Å². The summed E-state index contributed by atoms with van der Waals surface area (Å²) in [5.41, 5.74) is 0.189. The molecule has 2 aliphatic heterocycles. The van der Waals surface area contributed by atoms with Crippen LogP contribution in [0.4, 0.5) is 0 Å². The highest BCUT2D eigenvalue weighted by atomic mass is 32.2. The largest absolute Gasteiger partial charge is 0.338 e. The standard InChI is InChI=1S/C23H29N3O5S/c27-20-17-23(10-5-2-6-11-23)22(29)26(20)18-21(28)24-12-14-25(15-13-24)32(30,31)16-9-19-7-3-1-4-8-19/h1,3-4,7-9,16H,2,5-6,10-15,17-18H2. The zero-order valence-electron chi connectivity index (χ0n) is 18.1. The third-order valence-corrected chi connectivity index (χ3v) is 8.34. The summed E-state index contributed by atoms with van der Waals surface area (Å²) in [6, 6.07) is 9.17. The summed E-state index contributed by atoms with van der Waals surface area (Å²) < 4.78 is 26.6. The van der Waals surface area contributed by atoms with Crippen molar-refractivity contribution in [2.24, 2.45) is 5.41 Å². The van der Waals surface area contributed by atoms with Gasteiger partial charge in [-0.25, -0.2) is 8.42 Å². The maximum atomic E-state index is 12.9. The van der Waals surface area contributed by atoms with Crippen LogP contribution in [-0.4, -0.2) is 73.0 Å². The zero-order chi connectivity index (χ0) is 22.8. The van der Waals surface area contributed by atoms with Crippen LogP contribution in [-0.2, 0) is 24.4 Å². The molecule has 1 saturated carbocycles. The summed E-state index contributed by atoms with van der Waals surface area (Å²) in [4.78, 5) is 40.9. The monoisotopic (exact) mass is 459 g/mol. The van der Waals surface area contributed by atoms with E-state index < -0.39 is 15.4 Å². The summed E-state index contributed by atoms with van der Waals surface area (Å²) in [5, 5.41) is 1.19. The van der Waals surface area contributed by atoms with Crippen LogP contribution < -0.4 is 0 Å². The number of piperazine rings is 1. The smallest absolute Gasteiger partial charge is 0.242 e. The second kappa shape index (κ2) is 9.15. The van der Waals surface area contributed by atoms with Gasteiger partial charge in [0.05, 0.1) is 5.41 Å². The number of hydrogen-bond donors (Lipinski definition) is 0. The van der Waals surface area contributed by atoms with E-state index in [-0.39, 0.29) is 56.9 Å². The van der Waals surface area contributed by atoms with Gasteiger partial charge in [0, 0.05) is 38.0 Å². The van der Waals surface area contributed by atoms with Gasteiger partial charge in [0.15, 0.2) is 0 Å². The maximum Gasteiger partial charge on any atom is 0.242 e. The number of imide groups is 1. The number of benzene rings is 1. The minimum absolute atomic E-state index is 0.180. The van der Waals surface area contributed by atoms with Crippen molar-refractivity contribution in [3.8, 4) is 0 Å². The van der Waals surface area contributed by atoms with Gasteiger partial charge in [0.1, 0.15) is 6.54 Å². The molecule has 1 aromatic carbocycles. The molecule has 172 valence electrons. The molecule has 4 rings (SSSR count). The molecule has 0 atom stereocenters. The minimum Gasteiger partial charge on any atom is -0.338 e. The molecule has 0 unspecified atom stereocenters. The summed E-state index contributed by atoms with van der Waals surface area (Å²) in [6.07, 6.45) is 6.16. The van der Waals surface area contributed by atoms with Gasteiger partial charge in [-0.15, -0.1) is 0 Å². The fourth-order valence-corrected chi connectivity index (χ4v) is 6.05. The number of carbonyl (C=O) groups excluding carboxylic acids is 3. The fourth-order valence-electron chi connectivity index (χ4n) is 4.88. The van der Waals surface area contributed by atoms with Gasteiger partial charge < -0.3 is 4.90 Å². The van der Waals surface area contributed by atoms with Gasteiger partial charge >= 0.3 is 0 Å². The lowest BCUT2D eigenvalue weighted by Gasteiger charge is -2.34. The molecule has 2 saturated heterocycles.